The molecule has 3 aromatic carbocycles. The summed E-state index contributed by atoms with van der Waals surface area (Å²) < 4.78 is 2.05. The smallest absolute Gasteiger partial charge is 0.258 e. The highest BCUT2D eigenvalue weighted by atomic mass is 79.9. The van der Waals surface area contributed by atoms with Crippen molar-refractivity contribution >= 4 is 59.4 Å². The molecule has 0 atom stereocenters. The molecule has 0 aliphatic rings. The number of hydrogen-bond acceptors (Lipinski definition) is 4. The van der Waals surface area contributed by atoms with Gasteiger partial charge in [0, 0.05) is 15.4 Å². The van der Waals surface area contributed by atoms with E-state index < -0.39 is 0 Å². The number of pyridine rings is 1. The van der Waals surface area contributed by atoms with Crippen molar-refractivity contribution in [3.8, 4) is 11.3 Å². The summed E-state index contributed by atoms with van der Waals surface area (Å²) in [6.07, 6.45) is 0. The number of amides is 1. The number of aryl methyl sites for hydroxylation is 1. The number of halogens is 1. The molecule has 1 N–H and O–H groups in total. The number of anilines is 1. The Labute approximate surface area is 185 Å². The molecule has 0 spiro atoms. The van der Waals surface area contributed by atoms with Crippen molar-refractivity contribution in [3.63, 3.8) is 0 Å². The third kappa shape index (κ3) is 3.60. The first-order valence-corrected chi connectivity index (χ1v) is 11.0. The van der Waals surface area contributed by atoms with Gasteiger partial charge < -0.3 is 0 Å². The van der Waals surface area contributed by atoms with Crippen LogP contribution < -0.4 is 5.32 Å². The monoisotopic (exact) mass is 473 g/mol. The highest BCUT2D eigenvalue weighted by molar-refractivity contribution is 9.10. The first kappa shape index (κ1) is 18.9. The molecular weight excluding hydrogens is 458 g/mol. The summed E-state index contributed by atoms with van der Waals surface area (Å²) >= 11 is 4.94. The number of nitrogens with one attached hydrogen (secondary N) is 1. The number of aromatic nitrogens is 2. The fraction of sp³-hybridized carbons (Fsp3) is 0.0417. The van der Waals surface area contributed by atoms with Gasteiger partial charge in [-0.2, -0.15) is 0 Å². The Morgan fingerprint density at radius 1 is 0.933 bits per heavy atom. The molecule has 2 heterocycles. The van der Waals surface area contributed by atoms with E-state index in [4.69, 9.17) is 4.98 Å². The summed E-state index contributed by atoms with van der Waals surface area (Å²) in [5.41, 5.74) is 5.12. The van der Waals surface area contributed by atoms with Gasteiger partial charge in [-0.05, 0) is 48.9 Å². The number of carbonyl (C=O) groups excluding carboxylic acids is 1. The summed E-state index contributed by atoms with van der Waals surface area (Å²) in [5.74, 6) is -0.192. The fourth-order valence-corrected chi connectivity index (χ4v) is 4.60. The average Bonchev–Trinajstić information content (AvgIpc) is 3.14. The summed E-state index contributed by atoms with van der Waals surface area (Å²) in [5, 5.41) is 4.38. The lowest BCUT2D eigenvalue weighted by molar-refractivity contribution is 0.102. The highest BCUT2D eigenvalue weighted by Gasteiger charge is 2.16. The van der Waals surface area contributed by atoms with Crippen LogP contribution in [0.2, 0.25) is 0 Å². The molecule has 4 nitrogen and oxygen atoms in total. The zero-order valence-corrected chi connectivity index (χ0v) is 18.4. The summed E-state index contributed by atoms with van der Waals surface area (Å²) in [7, 11) is 0. The van der Waals surface area contributed by atoms with Crippen LogP contribution in [0.15, 0.2) is 77.3 Å². The number of para-hydroxylation sites is 1. The van der Waals surface area contributed by atoms with Gasteiger partial charge in [0.05, 0.1) is 27.0 Å². The Morgan fingerprint density at radius 2 is 1.73 bits per heavy atom. The second-order valence-electron chi connectivity index (χ2n) is 7.02. The van der Waals surface area contributed by atoms with E-state index in [0.717, 1.165) is 36.8 Å². The van der Waals surface area contributed by atoms with Crippen LogP contribution in [0.4, 0.5) is 5.13 Å². The maximum Gasteiger partial charge on any atom is 0.258 e. The van der Waals surface area contributed by atoms with Crippen molar-refractivity contribution < 1.29 is 4.79 Å². The maximum atomic E-state index is 13.2. The van der Waals surface area contributed by atoms with E-state index >= 15 is 0 Å². The van der Waals surface area contributed by atoms with E-state index in [1.54, 1.807) is 0 Å². The molecule has 0 bridgehead atoms. The van der Waals surface area contributed by atoms with Crippen LogP contribution in [-0.4, -0.2) is 15.9 Å². The molecule has 0 unspecified atom stereocenters. The first-order chi connectivity index (χ1) is 14.6. The van der Waals surface area contributed by atoms with Crippen molar-refractivity contribution in [2.45, 2.75) is 6.92 Å². The van der Waals surface area contributed by atoms with Crippen molar-refractivity contribution in [1.29, 1.82) is 0 Å². The van der Waals surface area contributed by atoms with Crippen LogP contribution >= 0.6 is 27.3 Å². The van der Waals surface area contributed by atoms with Crippen LogP contribution in [0, 0.1) is 6.92 Å². The molecule has 146 valence electrons. The van der Waals surface area contributed by atoms with Gasteiger partial charge in [-0.25, -0.2) is 9.97 Å². The van der Waals surface area contributed by atoms with Gasteiger partial charge in [0.2, 0.25) is 0 Å². The lowest BCUT2D eigenvalue weighted by atomic mass is 10.0. The quantitative estimate of drug-likeness (QED) is 0.312. The molecular formula is C24H16BrN3OS. The van der Waals surface area contributed by atoms with Gasteiger partial charge >= 0.3 is 0 Å². The zero-order chi connectivity index (χ0) is 20.7. The van der Waals surface area contributed by atoms with E-state index in [0.29, 0.717) is 10.7 Å². The van der Waals surface area contributed by atoms with Crippen LogP contribution in [0.1, 0.15) is 15.9 Å². The minimum atomic E-state index is -0.192. The van der Waals surface area contributed by atoms with Crippen LogP contribution in [0.25, 0.3) is 32.4 Å². The molecule has 5 rings (SSSR count). The molecule has 2 aromatic heterocycles. The van der Waals surface area contributed by atoms with E-state index in [1.807, 2.05) is 73.7 Å². The Morgan fingerprint density at radius 3 is 2.57 bits per heavy atom. The third-order valence-corrected chi connectivity index (χ3v) is 6.33. The number of carbonyl (C=O) groups is 1. The Bertz CT molecular complexity index is 1410. The minimum absolute atomic E-state index is 0.192. The van der Waals surface area contributed by atoms with E-state index in [2.05, 4.69) is 32.3 Å². The third-order valence-electron chi connectivity index (χ3n) is 4.87. The summed E-state index contributed by atoms with van der Waals surface area (Å²) in [6.45, 7) is 2.05. The number of nitrogens with zero attached hydrogens (tertiary/aromatic N) is 2. The van der Waals surface area contributed by atoms with Gasteiger partial charge in [0.15, 0.2) is 5.13 Å². The topological polar surface area (TPSA) is 54.9 Å². The van der Waals surface area contributed by atoms with Crippen molar-refractivity contribution in [2.75, 3.05) is 5.32 Å². The number of thiazole rings is 1. The largest absolute Gasteiger partial charge is 0.298 e. The number of rotatable bonds is 3. The molecule has 0 saturated heterocycles. The van der Waals surface area contributed by atoms with Crippen molar-refractivity contribution in [3.05, 3.63) is 88.4 Å². The Balaban J connectivity index is 1.57. The fourth-order valence-electron chi connectivity index (χ4n) is 3.38. The van der Waals surface area contributed by atoms with E-state index in [9.17, 15) is 4.79 Å². The molecule has 6 heteroatoms. The van der Waals surface area contributed by atoms with Crippen LogP contribution in [0.3, 0.4) is 0 Å². The average molecular weight is 474 g/mol. The molecule has 0 fully saturated rings. The van der Waals surface area contributed by atoms with Crippen molar-refractivity contribution in [1.82, 2.24) is 9.97 Å². The number of benzene rings is 3. The molecule has 30 heavy (non-hydrogen) atoms. The Hall–Kier alpha value is -3.09. The van der Waals surface area contributed by atoms with Crippen LogP contribution in [0.5, 0.6) is 0 Å². The van der Waals surface area contributed by atoms with Crippen LogP contribution in [-0.2, 0) is 0 Å². The summed E-state index contributed by atoms with van der Waals surface area (Å²) in [6, 6.07) is 23.5. The van der Waals surface area contributed by atoms with E-state index in [1.165, 1.54) is 16.9 Å². The summed E-state index contributed by atoms with van der Waals surface area (Å²) in [4.78, 5) is 22.5. The highest BCUT2D eigenvalue weighted by Crippen LogP contribution is 2.29. The molecule has 0 radical (unpaired) electrons. The predicted molar refractivity (Wildman–Crippen MR) is 127 cm³/mol. The lowest BCUT2D eigenvalue weighted by Gasteiger charge is -2.09. The van der Waals surface area contributed by atoms with E-state index in [-0.39, 0.29) is 5.91 Å². The molecule has 1 amide bonds. The first-order valence-electron chi connectivity index (χ1n) is 9.41. The second kappa shape index (κ2) is 7.63. The SMILES string of the molecule is Cc1ccc2nc(NC(=O)c3cc(-c4ccc(Br)cc4)nc4ccccc34)sc2c1. The minimum Gasteiger partial charge on any atom is -0.298 e. The lowest BCUT2D eigenvalue weighted by Crippen LogP contribution is -2.13. The normalized spacial score (nSPS) is 11.1. The van der Waals surface area contributed by atoms with Gasteiger partial charge in [-0.1, -0.05) is 63.7 Å². The molecule has 5 aromatic rings. The maximum absolute atomic E-state index is 13.2. The zero-order valence-electron chi connectivity index (χ0n) is 16.0. The molecule has 0 saturated carbocycles. The number of hydrogen-bond donors (Lipinski definition) is 1. The van der Waals surface area contributed by atoms with Crippen molar-refractivity contribution in [2.24, 2.45) is 0 Å². The Kier molecular flexibility index (Phi) is 4.81. The number of fused-ring (bicyclic) bond motifs is 2. The standard InChI is InChI=1S/C24H16BrN3OS/c1-14-6-11-20-22(12-14)30-24(27-20)28-23(29)18-13-21(15-7-9-16(25)10-8-15)26-19-5-3-2-4-17(18)19/h2-13H,1H3,(H,27,28,29). The van der Waals surface area contributed by atoms with Gasteiger partial charge in [-0.15, -0.1) is 0 Å². The van der Waals surface area contributed by atoms with Gasteiger partial charge in [0.1, 0.15) is 0 Å². The molecule has 0 aliphatic heterocycles. The second-order valence-corrected chi connectivity index (χ2v) is 8.97. The molecule has 0 aliphatic carbocycles. The van der Waals surface area contributed by atoms with Gasteiger partial charge in [0.25, 0.3) is 5.91 Å². The predicted octanol–water partition coefficient (Wildman–Crippen LogP) is 6.83. The van der Waals surface area contributed by atoms with Gasteiger partial charge in [-0.3, -0.25) is 10.1 Å².